The Morgan fingerprint density at radius 1 is 1.27 bits per heavy atom. The minimum Gasteiger partial charge on any atom is -0.487 e. The van der Waals surface area contributed by atoms with Gasteiger partial charge in [0.2, 0.25) is 5.91 Å². The van der Waals surface area contributed by atoms with Crippen molar-refractivity contribution >= 4 is 5.91 Å². The molecule has 0 fully saturated rings. The highest BCUT2D eigenvalue weighted by molar-refractivity contribution is 5.78. The van der Waals surface area contributed by atoms with Crippen molar-refractivity contribution in [2.24, 2.45) is 0 Å². The molecule has 1 aromatic carbocycles. The first kappa shape index (κ1) is 16.0. The molecule has 1 unspecified atom stereocenters. The maximum Gasteiger partial charge on any atom is 0.234 e. The molecule has 2 rings (SSSR count). The largest absolute Gasteiger partial charge is 0.487 e. The van der Waals surface area contributed by atoms with Crippen molar-refractivity contribution < 1.29 is 9.53 Å². The molecule has 116 valence electrons. The fourth-order valence-corrected chi connectivity index (χ4v) is 2.05. The van der Waals surface area contributed by atoms with E-state index in [1.807, 2.05) is 49.4 Å². The van der Waals surface area contributed by atoms with Crippen LogP contribution >= 0.6 is 0 Å². The molecule has 0 aliphatic heterocycles. The van der Waals surface area contributed by atoms with Crippen LogP contribution in [0.1, 0.15) is 24.2 Å². The van der Waals surface area contributed by atoms with E-state index in [0.717, 1.165) is 17.0 Å². The highest BCUT2D eigenvalue weighted by Gasteiger charge is 2.09. The molecule has 2 N–H and O–H groups in total. The molecule has 1 aromatic heterocycles. The summed E-state index contributed by atoms with van der Waals surface area (Å²) in [5.74, 6) is 0.729. The summed E-state index contributed by atoms with van der Waals surface area (Å²) < 4.78 is 5.75. The zero-order chi connectivity index (χ0) is 15.8. The lowest BCUT2D eigenvalue weighted by atomic mass is 10.1. The van der Waals surface area contributed by atoms with E-state index in [9.17, 15) is 4.79 Å². The molecule has 1 heterocycles. The first-order valence-electron chi connectivity index (χ1n) is 7.25. The number of nitrogens with one attached hydrogen (secondary N) is 2. The Labute approximate surface area is 130 Å². The van der Waals surface area contributed by atoms with E-state index in [-0.39, 0.29) is 11.9 Å². The molecule has 0 saturated carbocycles. The number of hydrogen-bond donors (Lipinski definition) is 2. The van der Waals surface area contributed by atoms with Crippen LogP contribution < -0.4 is 15.4 Å². The lowest BCUT2D eigenvalue weighted by Gasteiger charge is -2.15. The fourth-order valence-electron chi connectivity index (χ4n) is 2.05. The normalized spacial score (nSPS) is 11.7. The topological polar surface area (TPSA) is 63.2 Å². The van der Waals surface area contributed by atoms with Crippen LogP contribution in [0.5, 0.6) is 5.75 Å². The highest BCUT2D eigenvalue weighted by Crippen LogP contribution is 2.19. The van der Waals surface area contributed by atoms with Crippen LogP contribution in [0.15, 0.2) is 48.7 Å². The summed E-state index contributed by atoms with van der Waals surface area (Å²) in [5, 5.41) is 5.76. The summed E-state index contributed by atoms with van der Waals surface area (Å²) in [7, 11) is 1.75. The van der Waals surface area contributed by atoms with Gasteiger partial charge in [-0.3, -0.25) is 9.78 Å². The molecule has 5 nitrogen and oxygen atoms in total. The number of benzene rings is 1. The van der Waals surface area contributed by atoms with Crippen molar-refractivity contribution in [1.29, 1.82) is 0 Å². The second kappa shape index (κ2) is 8.14. The number of aromatic nitrogens is 1. The van der Waals surface area contributed by atoms with E-state index in [4.69, 9.17) is 4.74 Å². The van der Waals surface area contributed by atoms with Gasteiger partial charge in [-0.25, -0.2) is 0 Å². The molecule has 0 aliphatic rings. The Morgan fingerprint density at radius 2 is 2.14 bits per heavy atom. The van der Waals surface area contributed by atoms with Crippen molar-refractivity contribution in [3.63, 3.8) is 0 Å². The average molecular weight is 299 g/mol. The molecule has 0 saturated heterocycles. The minimum absolute atomic E-state index is 0.0326. The Hall–Kier alpha value is -2.40. The number of carbonyl (C=O) groups is 1. The predicted octanol–water partition coefficient (Wildman–Crippen LogP) is 2.06. The van der Waals surface area contributed by atoms with Gasteiger partial charge in [0, 0.05) is 6.20 Å². The fraction of sp³-hybridized carbons (Fsp3) is 0.294. The number of likely N-dealkylation sites (N-methyl/N-ethyl adjacent to an activating group) is 1. The lowest BCUT2D eigenvalue weighted by Crippen LogP contribution is -2.33. The van der Waals surface area contributed by atoms with Gasteiger partial charge in [-0.05, 0) is 43.8 Å². The number of hydrogen-bond acceptors (Lipinski definition) is 4. The summed E-state index contributed by atoms with van der Waals surface area (Å²) in [4.78, 5) is 15.8. The van der Waals surface area contributed by atoms with Gasteiger partial charge in [0.25, 0.3) is 0 Å². The number of carbonyl (C=O) groups excluding carboxylic acids is 1. The highest BCUT2D eigenvalue weighted by atomic mass is 16.5. The Bertz CT molecular complexity index is 602. The van der Waals surface area contributed by atoms with E-state index in [2.05, 4.69) is 15.6 Å². The van der Waals surface area contributed by atoms with Gasteiger partial charge in [-0.1, -0.05) is 18.2 Å². The smallest absolute Gasteiger partial charge is 0.234 e. The van der Waals surface area contributed by atoms with Gasteiger partial charge in [-0.2, -0.15) is 0 Å². The summed E-state index contributed by atoms with van der Waals surface area (Å²) in [5.41, 5.74) is 1.88. The van der Waals surface area contributed by atoms with Gasteiger partial charge >= 0.3 is 0 Å². The second-order valence-corrected chi connectivity index (χ2v) is 5.00. The zero-order valence-electron chi connectivity index (χ0n) is 12.9. The van der Waals surface area contributed by atoms with Crippen LogP contribution in [0.25, 0.3) is 0 Å². The third kappa shape index (κ3) is 4.86. The Kier molecular flexibility index (Phi) is 5.91. The van der Waals surface area contributed by atoms with Gasteiger partial charge in [-0.15, -0.1) is 0 Å². The van der Waals surface area contributed by atoms with Gasteiger partial charge < -0.3 is 15.4 Å². The molecule has 1 atom stereocenters. The molecular formula is C17H21N3O2. The second-order valence-electron chi connectivity index (χ2n) is 5.00. The van der Waals surface area contributed by atoms with Crippen molar-refractivity contribution in [2.45, 2.75) is 19.6 Å². The van der Waals surface area contributed by atoms with E-state index in [1.165, 1.54) is 0 Å². The van der Waals surface area contributed by atoms with Gasteiger partial charge in [0.1, 0.15) is 12.4 Å². The van der Waals surface area contributed by atoms with E-state index < -0.39 is 0 Å². The minimum atomic E-state index is -0.0701. The maximum atomic E-state index is 11.6. The van der Waals surface area contributed by atoms with E-state index in [1.54, 1.807) is 13.2 Å². The molecule has 22 heavy (non-hydrogen) atoms. The van der Waals surface area contributed by atoms with E-state index >= 15 is 0 Å². The molecule has 1 amide bonds. The standard InChI is InChI=1S/C17H21N3O2/c1-13(20-17(21)11-18-2)14-6-5-8-16(10-14)22-12-15-7-3-4-9-19-15/h3-10,13,18H,11-12H2,1-2H3,(H,20,21). The summed E-state index contributed by atoms with van der Waals surface area (Å²) in [6.45, 7) is 2.68. The quantitative estimate of drug-likeness (QED) is 0.821. The molecule has 0 bridgehead atoms. The molecular weight excluding hydrogens is 278 g/mol. The van der Waals surface area contributed by atoms with Gasteiger partial charge in [0.15, 0.2) is 0 Å². The van der Waals surface area contributed by atoms with Crippen LogP contribution in [0.3, 0.4) is 0 Å². The predicted molar refractivity (Wildman–Crippen MR) is 85.5 cm³/mol. The van der Waals surface area contributed by atoms with Crippen molar-refractivity contribution in [1.82, 2.24) is 15.6 Å². The Morgan fingerprint density at radius 3 is 2.86 bits per heavy atom. The van der Waals surface area contributed by atoms with Gasteiger partial charge in [0.05, 0.1) is 18.3 Å². The first-order valence-corrected chi connectivity index (χ1v) is 7.25. The summed E-state index contributed by atoms with van der Waals surface area (Å²) in [6.07, 6.45) is 1.74. The molecule has 0 spiro atoms. The summed E-state index contributed by atoms with van der Waals surface area (Å²) >= 11 is 0. The number of amides is 1. The summed E-state index contributed by atoms with van der Waals surface area (Å²) in [6, 6.07) is 13.4. The lowest BCUT2D eigenvalue weighted by molar-refractivity contribution is -0.120. The van der Waals surface area contributed by atoms with E-state index in [0.29, 0.717) is 13.2 Å². The van der Waals surface area contributed by atoms with Crippen LogP contribution in [-0.4, -0.2) is 24.5 Å². The number of pyridine rings is 1. The Balaban J connectivity index is 1.95. The van der Waals surface area contributed by atoms with Crippen molar-refractivity contribution in [3.05, 3.63) is 59.9 Å². The first-order chi connectivity index (χ1) is 10.7. The molecule has 0 aliphatic carbocycles. The third-order valence-electron chi connectivity index (χ3n) is 3.19. The van der Waals surface area contributed by atoms with Crippen LogP contribution in [0, 0.1) is 0 Å². The SMILES string of the molecule is CNCC(=O)NC(C)c1cccc(OCc2ccccn2)c1. The zero-order valence-corrected chi connectivity index (χ0v) is 12.9. The van der Waals surface area contributed by atoms with Crippen molar-refractivity contribution in [3.8, 4) is 5.75 Å². The van der Waals surface area contributed by atoms with Crippen LogP contribution in [-0.2, 0) is 11.4 Å². The monoisotopic (exact) mass is 299 g/mol. The third-order valence-corrected chi connectivity index (χ3v) is 3.19. The number of nitrogens with zero attached hydrogens (tertiary/aromatic N) is 1. The number of ether oxygens (including phenoxy) is 1. The molecule has 5 heteroatoms. The molecule has 0 radical (unpaired) electrons. The average Bonchev–Trinajstić information content (AvgIpc) is 2.54. The maximum absolute atomic E-state index is 11.6. The van der Waals surface area contributed by atoms with Crippen LogP contribution in [0.2, 0.25) is 0 Å². The van der Waals surface area contributed by atoms with Crippen molar-refractivity contribution in [2.75, 3.05) is 13.6 Å². The molecule has 2 aromatic rings. The van der Waals surface area contributed by atoms with Crippen LogP contribution in [0.4, 0.5) is 0 Å². The number of rotatable bonds is 7.